The molecule has 1 aromatic carbocycles. The summed E-state index contributed by atoms with van der Waals surface area (Å²) in [6.45, 7) is 4.03. The molecule has 1 aromatic rings. The first kappa shape index (κ1) is 13.2. The van der Waals surface area contributed by atoms with Crippen molar-refractivity contribution >= 4 is 29.1 Å². The van der Waals surface area contributed by atoms with Gasteiger partial charge in [0.05, 0.1) is 12.3 Å². The summed E-state index contributed by atoms with van der Waals surface area (Å²) in [5.74, 6) is 0. The number of thiocarbonyl (C=S) groups is 1. The van der Waals surface area contributed by atoms with E-state index >= 15 is 0 Å². The van der Waals surface area contributed by atoms with Crippen molar-refractivity contribution in [3.63, 3.8) is 0 Å². The Hall–Kier alpha value is -1.82. The summed E-state index contributed by atoms with van der Waals surface area (Å²) in [5, 5.41) is 2.52. The van der Waals surface area contributed by atoms with E-state index in [1.54, 1.807) is 6.92 Å². The molecule has 5 nitrogen and oxygen atoms in total. The van der Waals surface area contributed by atoms with Gasteiger partial charge >= 0.3 is 6.09 Å². The number of amides is 1. The zero-order chi connectivity index (χ0) is 12.7. The van der Waals surface area contributed by atoms with Crippen LogP contribution in [0, 0.1) is 6.92 Å². The van der Waals surface area contributed by atoms with Crippen LogP contribution in [0.2, 0.25) is 0 Å². The Bertz CT molecular complexity index is 392. The molecule has 0 fully saturated rings. The van der Waals surface area contributed by atoms with Crippen molar-refractivity contribution in [2.75, 3.05) is 12.0 Å². The van der Waals surface area contributed by atoms with Gasteiger partial charge in [-0.2, -0.15) is 0 Å². The second kappa shape index (κ2) is 6.70. The molecule has 0 heterocycles. The van der Waals surface area contributed by atoms with Crippen LogP contribution in [-0.2, 0) is 4.74 Å². The lowest BCUT2D eigenvalue weighted by Crippen LogP contribution is -2.42. The van der Waals surface area contributed by atoms with Gasteiger partial charge in [0.15, 0.2) is 5.11 Å². The zero-order valence-electron chi connectivity index (χ0n) is 9.74. The van der Waals surface area contributed by atoms with E-state index in [0.29, 0.717) is 6.61 Å². The number of aryl methyl sites for hydroxylation is 1. The second-order valence-corrected chi connectivity index (χ2v) is 3.70. The molecule has 0 aliphatic rings. The fourth-order valence-corrected chi connectivity index (χ4v) is 1.19. The molecule has 3 N–H and O–H groups in total. The molecule has 1 amide bonds. The predicted molar refractivity (Wildman–Crippen MR) is 70.7 cm³/mol. The monoisotopic (exact) mass is 253 g/mol. The van der Waals surface area contributed by atoms with Gasteiger partial charge in [-0.25, -0.2) is 4.79 Å². The van der Waals surface area contributed by atoms with Crippen LogP contribution in [0.4, 0.5) is 10.5 Å². The summed E-state index contributed by atoms with van der Waals surface area (Å²) in [6, 6.07) is 7.72. The third kappa shape index (κ3) is 5.17. The number of rotatable bonds is 3. The van der Waals surface area contributed by atoms with E-state index in [-0.39, 0.29) is 5.11 Å². The summed E-state index contributed by atoms with van der Waals surface area (Å²) >= 11 is 4.88. The summed E-state index contributed by atoms with van der Waals surface area (Å²) in [7, 11) is 0. The molecule has 0 aliphatic heterocycles. The molecule has 0 saturated heterocycles. The SMILES string of the molecule is CCOC(=O)NC(=S)NNc1ccc(C)cc1. The van der Waals surface area contributed by atoms with Crippen LogP contribution < -0.4 is 16.2 Å². The number of hydrogen-bond donors (Lipinski definition) is 3. The second-order valence-electron chi connectivity index (χ2n) is 3.29. The first-order valence-electron chi connectivity index (χ1n) is 5.18. The third-order valence-corrected chi connectivity index (χ3v) is 2.07. The van der Waals surface area contributed by atoms with E-state index in [0.717, 1.165) is 5.69 Å². The van der Waals surface area contributed by atoms with Crippen LogP contribution in [0.25, 0.3) is 0 Å². The Morgan fingerprint density at radius 2 is 2.00 bits per heavy atom. The fraction of sp³-hybridized carbons (Fsp3) is 0.273. The van der Waals surface area contributed by atoms with Gasteiger partial charge in [-0.1, -0.05) is 17.7 Å². The van der Waals surface area contributed by atoms with E-state index in [1.165, 1.54) is 5.56 Å². The number of hydrogen-bond acceptors (Lipinski definition) is 4. The normalized spacial score (nSPS) is 9.29. The van der Waals surface area contributed by atoms with Gasteiger partial charge in [0.1, 0.15) is 0 Å². The third-order valence-electron chi connectivity index (χ3n) is 1.86. The molecule has 0 bridgehead atoms. The van der Waals surface area contributed by atoms with Gasteiger partial charge in [0.25, 0.3) is 0 Å². The molecule has 0 spiro atoms. The van der Waals surface area contributed by atoms with Crippen LogP contribution in [0.1, 0.15) is 12.5 Å². The highest BCUT2D eigenvalue weighted by molar-refractivity contribution is 7.80. The van der Waals surface area contributed by atoms with Crippen molar-refractivity contribution in [3.05, 3.63) is 29.8 Å². The summed E-state index contributed by atoms with van der Waals surface area (Å²) in [4.78, 5) is 11.0. The van der Waals surface area contributed by atoms with Crippen molar-refractivity contribution in [3.8, 4) is 0 Å². The molecular formula is C11H15N3O2S. The first-order chi connectivity index (χ1) is 8.11. The lowest BCUT2D eigenvalue weighted by Gasteiger charge is -2.11. The van der Waals surface area contributed by atoms with Crippen LogP contribution >= 0.6 is 12.2 Å². The number of nitrogens with one attached hydrogen (secondary N) is 3. The Kier molecular flexibility index (Phi) is 5.22. The average molecular weight is 253 g/mol. The smallest absolute Gasteiger partial charge is 0.413 e. The fourth-order valence-electron chi connectivity index (χ4n) is 1.06. The van der Waals surface area contributed by atoms with Crippen molar-refractivity contribution in [1.29, 1.82) is 0 Å². The Labute approximate surface area is 106 Å². The van der Waals surface area contributed by atoms with Crippen molar-refractivity contribution < 1.29 is 9.53 Å². The van der Waals surface area contributed by atoms with Gasteiger partial charge in [0.2, 0.25) is 0 Å². The lowest BCUT2D eigenvalue weighted by atomic mass is 10.2. The molecule has 17 heavy (non-hydrogen) atoms. The maximum atomic E-state index is 11.0. The van der Waals surface area contributed by atoms with Gasteiger partial charge in [-0.15, -0.1) is 0 Å². The van der Waals surface area contributed by atoms with Gasteiger partial charge in [0, 0.05) is 0 Å². The molecule has 0 unspecified atom stereocenters. The Balaban J connectivity index is 2.33. The lowest BCUT2D eigenvalue weighted by molar-refractivity contribution is 0.158. The van der Waals surface area contributed by atoms with E-state index < -0.39 is 6.09 Å². The summed E-state index contributed by atoms with van der Waals surface area (Å²) in [6.07, 6.45) is -0.573. The highest BCUT2D eigenvalue weighted by Gasteiger charge is 2.03. The average Bonchev–Trinajstić information content (AvgIpc) is 2.28. The maximum Gasteiger partial charge on any atom is 0.413 e. The van der Waals surface area contributed by atoms with E-state index in [9.17, 15) is 4.79 Å². The molecule has 6 heteroatoms. The van der Waals surface area contributed by atoms with Gasteiger partial charge < -0.3 is 4.74 Å². The topological polar surface area (TPSA) is 62.4 Å². The molecule has 1 rings (SSSR count). The Morgan fingerprint density at radius 3 is 2.59 bits per heavy atom. The van der Waals surface area contributed by atoms with Gasteiger partial charge in [-0.3, -0.25) is 16.2 Å². The molecule has 0 atom stereocenters. The number of benzene rings is 1. The number of carbonyl (C=O) groups is 1. The van der Waals surface area contributed by atoms with Crippen molar-refractivity contribution in [2.24, 2.45) is 0 Å². The van der Waals surface area contributed by atoms with E-state index in [1.807, 2.05) is 31.2 Å². The van der Waals surface area contributed by atoms with Crippen LogP contribution in [-0.4, -0.2) is 17.8 Å². The number of anilines is 1. The van der Waals surface area contributed by atoms with Crippen LogP contribution in [0.5, 0.6) is 0 Å². The zero-order valence-corrected chi connectivity index (χ0v) is 10.6. The van der Waals surface area contributed by atoms with Crippen LogP contribution in [0.15, 0.2) is 24.3 Å². The minimum absolute atomic E-state index is 0.157. The largest absolute Gasteiger partial charge is 0.450 e. The Morgan fingerprint density at radius 1 is 1.35 bits per heavy atom. The highest BCUT2D eigenvalue weighted by atomic mass is 32.1. The first-order valence-corrected chi connectivity index (χ1v) is 5.59. The molecule has 92 valence electrons. The van der Waals surface area contributed by atoms with E-state index in [2.05, 4.69) is 20.9 Å². The quantitative estimate of drug-likeness (QED) is 0.567. The minimum Gasteiger partial charge on any atom is -0.450 e. The summed E-state index contributed by atoms with van der Waals surface area (Å²) in [5.41, 5.74) is 7.55. The molecule has 0 aromatic heterocycles. The predicted octanol–water partition coefficient (Wildman–Crippen LogP) is 1.94. The van der Waals surface area contributed by atoms with Crippen molar-refractivity contribution in [2.45, 2.75) is 13.8 Å². The number of ether oxygens (including phenoxy) is 1. The summed E-state index contributed by atoms with van der Waals surface area (Å²) < 4.78 is 4.67. The van der Waals surface area contributed by atoms with E-state index in [4.69, 9.17) is 12.2 Å². The maximum absolute atomic E-state index is 11.0. The van der Waals surface area contributed by atoms with Gasteiger partial charge in [-0.05, 0) is 38.2 Å². The standard InChI is InChI=1S/C11H15N3O2S/c1-3-16-11(15)12-10(17)14-13-9-6-4-8(2)5-7-9/h4-7,13H,3H2,1-2H3,(H2,12,14,15,17). The van der Waals surface area contributed by atoms with Crippen molar-refractivity contribution in [1.82, 2.24) is 10.7 Å². The number of alkyl carbamates (subject to hydrolysis) is 1. The minimum atomic E-state index is -0.573. The van der Waals surface area contributed by atoms with Crippen LogP contribution in [0.3, 0.4) is 0 Å². The highest BCUT2D eigenvalue weighted by Crippen LogP contribution is 2.06. The number of carbonyl (C=O) groups excluding carboxylic acids is 1. The molecular weight excluding hydrogens is 238 g/mol. The molecule has 0 saturated carbocycles. The molecule has 0 radical (unpaired) electrons. The number of hydrazine groups is 1. The molecule has 0 aliphatic carbocycles.